The zero-order valence-electron chi connectivity index (χ0n) is 15.6. The zero-order chi connectivity index (χ0) is 21.1. The van der Waals surface area contributed by atoms with Gasteiger partial charge in [-0.15, -0.1) is 11.3 Å². The van der Waals surface area contributed by atoms with Crippen molar-refractivity contribution in [3.8, 4) is 22.0 Å². The van der Waals surface area contributed by atoms with Crippen molar-refractivity contribution in [2.75, 3.05) is 5.32 Å². The molecule has 4 rings (SSSR count). The van der Waals surface area contributed by atoms with Crippen molar-refractivity contribution in [1.29, 1.82) is 0 Å². The lowest BCUT2D eigenvalue weighted by Crippen LogP contribution is -2.12. The highest BCUT2D eigenvalue weighted by molar-refractivity contribution is 7.32. The first-order valence-corrected chi connectivity index (χ1v) is 10.7. The molecule has 0 spiro atoms. The predicted molar refractivity (Wildman–Crippen MR) is 110 cm³/mol. The number of nitrogens with one attached hydrogen (secondary N) is 1. The van der Waals surface area contributed by atoms with Crippen molar-refractivity contribution >= 4 is 31.2 Å². The Hall–Kier alpha value is -3.18. The predicted octanol–water partition coefficient (Wildman–Crippen LogP) is 2.41. The number of aromatic nitrogens is 6. The van der Waals surface area contributed by atoms with Crippen molar-refractivity contribution in [1.82, 2.24) is 29.5 Å². The molecule has 1 atom stereocenters. The standard InChI is InChI=1S/C17H16N7O4PS/c1-23-8-13(15(22-23)12-4-2-3-5-18-12)20-16(25)14-9-30-17(21-14)11-6-19-24(7-11)10-28-29(26)27/h2-9,29H,10H2,1H3,(H,20,25)(H,26,27). The minimum absolute atomic E-state index is 0.148. The minimum Gasteiger partial charge on any atom is -0.326 e. The Bertz CT molecular complexity index is 1200. The number of amides is 1. The monoisotopic (exact) mass is 445 g/mol. The summed E-state index contributed by atoms with van der Waals surface area (Å²) < 4.78 is 18.3. The molecule has 13 heteroatoms. The normalized spacial score (nSPS) is 12.1. The number of hydrogen-bond donors (Lipinski definition) is 2. The highest BCUT2D eigenvalue weighted by Crippen LogP contribution is 2.27. The van der Waals surface area contributed by atoms with E-state index in [1.165, 1.54) is 16.0 Å². The number of carbonyl (C=O) groups is 1. The molecule has 0 fully saturated rings. The molecule has 0 saturated carbocycles. The fourth-order valence-electron chi connectivity index (χ4n) is 2.63. The third kappa shape index (κ3) is 4.52. The van der Waals surface area contributed by atoms with Crippen molar-refractivity contribution in [3.05, 3.63) is 54.1 Å². The average molecular weight is 445 g/mol. The number of pyridine rings is 1. The van der Waals surface area contributed by atoms with E-state index in [4.69, 9.17) is 4.89 Å². The van der Waals surface area contributed by atoms with E-state index in [-0.39, 0.29) is 18.3 Å². The molecule has 2 N–H and O–H groups in total. The molecule has 0 saturated heterocycles. The van der Waals surface area contributed by atoms with Gasteiger partial charge in [-0.05, 0) is 12.1 Å². The van der Waals surface area contributed by atoms with Crippen LogP contribution in [0.15, 0.2) is 48.4 Å². The van der Waals surface area contributed by atoms with Gasteiger partial charge in [-0.3, -0.25) is 23.5 Å². The zero-order valence-corrected chi connectivity index (χ0v) is 17.4. The van der Waals surface area contributed by atoms with E-state index in [9.17, 15) is 9.36 Å². The summed E-state index contributed by atoms with van der Waals surface area (Å²) in [5, 5.41) is 13.5. The number of rotatable bonds is 7. The molecule has 0 radical (unpaired) electrons. The Balaban J connectivity index is 1.50. The van der Waals surface area contributed by atoms with E-state index in [0.717, 1.165) is 0 Å². The van der Waals surface area contributed by atoms with Gasteiger partial charge in [-0.25, -0.2) is 9.67 Å². The summed E-state index contributed by atoms with van der Waals surface area (Å²) in [7, 11) is -1.27. The Morgan fingerprint density at radius 3 is 3.00 bits per heavy atom. The van der Waals surface area contributed by atoms with Gasteiger partial charge in [0, 0.05) is 36.6 Å². The first kappa shape index (κ1) is 20.1. The molecule has 30 heavy (non-hydrogen) atoms. The van der Waals surface area contributed by atoms with E-state index < -0.39 is 8.25 Å². The quantitative estimate of drug-likeness (QED) is 0.414. The molecule has 0 aliphatic rings. The lowest BCUT2D eigenvalue weighted by Gasteiger charge is -2.03. The molecule has 1 unspecified atom stereocenters. The van der Waals surface area contributed by atoms with E-state index in [1.54, 1.807) is 48.0 Å². The summed E-state index contributed by atoms with van der Waals surface area (Å²) in [6.07, 6.45) is 6.52. The van der Waals surface area contributed by atoms with Crippen molar-refractivity contribution < 1.29 is 18.8 Å². The third-order valence-corrected chi connectivity index (χ3v) is 5.19. The molecule has 11 nitrogen and oxygen atoms in total. The summed E-state index contributed by atoms with van der Waals surface area (Å²) in [5.41, 5.74) is 2.64. The third-order valence-electron chi connectivity index (χ3n) is 3.92. The highest BCUT2D eigenvalue weighted by Gasteiger charge is 2.18. The smallest absolute Gasteiger partial charge is 0.318 e. The average Bonchev–Trinajstić information content (AvgIpc) is 3.46. The van der Waals surface area contributed by atoms with Crippen LogP contribution in [0.2, 0.25) is 0 Å². The summed E-state index contributed by atoms with van der Waals surface area (Å²) >= 11 is 1.28. The maximum Gasteiger partial charge on any atom is 0.318 e. The van der Waals surface area contributed by atoms with E-state index in [0.29, 0.717) is 27.6 Å². The minimum atomic E-state index is -3.03. The van der Waals surface area contributed by atoms with Crippen LogP contribution in [0, 0.1) is 0 Å². The second-order valence-corrected chi connectivity index (χ2v) is 7.76. The molecule has 154 valence electrons. The van der Waals surface area contributed by atoms with Crippen LogP contribution in [-0.4, -0.2) is 40.3 Å². The summed E-state index contributed by atoms with van der Waals surface area (Å²) in [6.45, 7) is -0.148. The lowest BCUT2D eigenvalue weighted by molar-refractivity contribution is 0.102. The van der Waals surface area contributed by atoms with Crippen molar-refractivity contribution in [2.45, 2.75) is 6.73 Å². The highest BCUT2D eigenvalue weighted by atomic mass is 32.1. The van der Waals surface area contributed by atoms with Crippen molar-refractivity contribution in [2.24, 2.45) is 7.05 Å². The summed E-state index contributed by atoms with van der Waals surface area (Å²) in [4.78, 5) is 30.1. The molecule has 1 amide bonds. The van der Waals surface area contributed by atoms with Crippen LogP contribution < -0.4 is 5.32 Å². The van der Waals surface area contributed by atoms with Gasteiger partial charge in [0.1, 0.15) is 23.1 Å². The fourth-order valence-corrected chi connectivity index (χ4v) is 3.65. The van der Waals surface area contributed by atoms with Gasteiger partial charge in [-0.1, -0.05) is 6.07 Å². The van der Waals surface area contributed by atoms with Crippen LogP contribution in [-0.2, 0) is 22.9 Å². The van der Waals surface area contributed by atoms with Crippen LogP contribution in [0.5, 0.6) is 0 Å². The summed E-state index contributed by atoms with van der Waals surface area (Å²) in [6, 6.07) is 5.47. The second-order valence-electron chi connectivity index (χ2n) is 6.08. The Labute approximate surface area is 174 Å². The van der Waals surface area contributed by atoms with Gasteiger partial charge < -0.3 is 10.2 Å². The van der Waals surface area contributed by atoms with Gasteiger partial charge in [0.2, 0.25) is 0 Å². The molecule has 0 aliphatic heterocycles. The van der Waals surface area contributed by atoms with Gasteiger partial charge in [0.05, 0.1) is 17.6 Å². The fraction of sp³-hybridized carbons (Fsp3) is 0.118. The van der Waals surface area contributed by atoms with Gasteiger partial charge >= 0.3 is 8.25 Å². The first-order chi connectivity index (χ1) is 14.5. The lowest BCUT2D eigenvalue weighted by atomic mass is 10.2. The number of thiazole rings is 1. The number of nitrogens with zero attached hydrogens (tertiary/aromatic N) is 6. The van der Waals surface area contributed by atoms with Crippen LogP contribution in [0.25, 0.3) is 22.0 Å². The largest absolute Gasteiger partial charge is 0.326 e. The molecule has 0 bridgehead atoms. The molecular formula is C17H16N7O4PS. The molecule has 0 aromatic carbocycles. The number of carbonyl (C=O) groups excluding carboxylic acids is 1. The van der Waals surface area contributed by atoms with Crippen LogP contribution in [0.3, 0.4) is 0 Å². The molecule has 4 aromatic heterocycles. The van der Waals surface area contributed by atoms with Crippen LogP contribution >= 0.6 is 19.6 Å². The number of hydrogen-bond acceptors (Lipinski definition) is 8. The molecule has 4 heterocycles. The number of anilines is 1. The molecule has 0 aliphatic carbocycles. The first-order valence-electron chi connectivity index (χ1n) is 8.60. The van der Waals surface area contributed by atoms with Crippen molar-refractivity contribution in [3.63, 3.8) is 0 Å². The van der Waals surface area contributed by atoms with E-state index in [1.807, 2.05) is 12.1 Å². The second kappa shape index (κ2) is 8.67. The molecule has 4 aromatic rings. The van der Waals surface area contributed by atoms with Crippen LogP contribution in [0.1, 0.15) is 10.5 Å². The SMILES string of the molecule is Cn1cc(NC(=O)c2csc(-c3cnn(CO[PH](=O)O)c3)n2)c(-c2ccccn2)n1. The Kier molecular flexibility index (Phi) is 5.81. The molecular weight excluding hydrogens is 429 g/mol. The summed E-state index contributed by atoms with van der Waals surface area (Å²) in [5.74, 6) is -0.378. The van der Waals surface area contributed by atoms with Gasteiger partial charge in [0.25, 0.3) is 5.91 Å². The van der Waals surface area contributed by atoms with Gasteiger partial charge in [-0.2, -0.15) is 10.2 Å². The maximum absolute atomic E-state index is 12.7. The topological polar surface area (TPSA) is 137 Å². The maximum atomic E-state index is 12.7. The van der Waals surface area contributed by atoms with Crippen LogP contribution in [0.4, 0.5) is 5.69 Å². The van der Waals surface area contributed by atoms with E-state index >= 15 is 0 Å². The number of aryl methyl sites for hydroxylation is 1. The Morgan fingerprint density at radius 2 is 2.23 bits per heavy atom. The van der Waals surface area contributed by atoms with E-state index in [2.05, 4.69) is 30.0 Å². The van der Waals surface area contributed by atoms with Gasteiger partial charge in [0.15, 0.2) is 0 Å². The Morgan fingerprint density at radius 1 is 1.37 bits per heavy atom.